The van der Waals surface area contributed by atoms with Crippen LogP contribution in [0.5, 0.6) is 0 Å². The van der Waals surface area contributed by atoms with Gasteiger partial charge >= 0.3 is 0 Å². The summed E-state index contributed by atoms with van der Waals surface area (Å²) in [6.45, 7) is 12.6. The molecule has 0 aromatic carbocycles. The van der Waals surface area contributed by atoms with Crippen LogP contribution in [0.3, 0.4) is 0 Å². The van der Waals surface area contributed by atoms with E-state index in [2.05, 4.69) is 34.8 Å². The summed E-state index contributed by atoms with van der Waals surface area (Å²) in [5, 5.41) is 9.03. The lowest BCUT2D eigenvalue weighted by atomic mass is 10.1. The summed E-state index contributed by atoms with van der Waals surface area (Å²) in [6, 6.07) is 0. The van der Waals surface area contributed by atoms with Gasteiger partial charge in [0, 0.05) is 32.3 Å². The molecule has 0 aliphatic carbocycles. The maximum absolute atomic E-state index is 11.7. The van der Waals surface area contributed by atoms with E-state index in [0.717, 1.165) is 26.2 Å². The number of aliphatic imine (C=N–C) groups is 1. The molecule has 0 rings (SSSR count). The van der Waals surface area contributed by atoms with Gasteiger partial charge in [0.05, 0.1) is 6.54 Å². The van der Waals surface area contributed by atoms with Crippen molar-refractivity contribution < 1.29 is 9.53 Å². The minimum atomic E-state index is -0.219. The van der Waals surface area contributed by atoms with E-state index in [1.807, 2.05) is 20.8 Å². The lowest BCUT2D eigenvalue weighted by Crippen LogP contribution is -2.48. The van der Waals surface area contributed by atoms with Gasteiger partial charge in [0.15, 0.2) is 5.96 Å². The average Bonchev–Trinajstić information content (AvgIpc) is 2.34. The molecule has 0 aromatic rings. The Balaban J connectivity index is 0. The molecular weight excluding hydrogens is 395 g/mol. The summed E-state index contributed by atoms with van der Waals surface area (Å²) in [5.41, 5.74) is -0.219. The number of amides is 1. The van der Waals surface area contributed by atoms with E-state index < -0.39 is 0 Å². The van der Waals surface area contributed by atoms with E-state index in [-0.39, 0.29) is 42.0 Å². The number of nitrogens with zero attached hydrogens (tertiary/aromatic N) is 1. The molecule has 0 saturated carbocycles. The SMILES string of the molecule is CN=C(NCCCOCC(C)C)NCC(=O)NC(C)(C)C.I. The molecule has 3 N–H and O–H groups in total. The van der Waals surface area contributed by atoms with E-state index in [0.29, 0.717) is 11.9 Å². The maximum atomic E-state index is 11.7. The number of ether oxygens (including phenoxy) is 1. The Morgan fingerprint density at radius 2 is 1.86 bits per heavy atom. The van der Waals surface area contributed by atoms with Crippen LogP contribution in [0.15, 0.2) is 4.99 Å². The third kappa shape index (κ3) is 15.8. The third-order valence-corrected chi connectivity index (χ3v) is 2.36. The van der Waals surface area contributed by atoms with Crippen molar-refractivity contribution in [3.63, 3.8) is 0 Å². The van der Waals surface area contributed by atoms with Crippen LogP contribution in [0, 0.1) is 5.92 Å². The van der Waals surface area contributed by atoms with Crippen LogP contribution in [0.4, 0.5) is 0 Å². The van der Waals surface area contributed by atoms with E-state index in [1.54, 1.807) is 7.05 Å². The molecule has 0 aliphatic rings. The van der Waals surface area contributed by atoms with Gasteiger partial charge in [-0.3, -0.25) is 9.79 Å². The van der Waals surface area contributed by atoms with Crippen LogP contribution in [-0.4, -0.2) is 50.8 Å². The summed E-state index contributed by atoms with van der Waals surface area (Å²) < 4.78 is 5.50. The van der Waals surface area contributed by atoms with Gasteiger partial charge in [-0.05, 0) is 33.1 Å². The smallest absolute Gasteiger partial charge is 0.239 e. The second-order valence-electron chi connectivity index (χ2n) is 6.47. The highest BCUT2D eigenvalue weighted by Gasteiger charge is 2.13. The molecule has 0 atom stereocenters. The van der Waals surface area contributed by atoms with E-state index in [4.69, 9.17) is 4.74 Å². The molecular formula is C15H33IN4O2. The van der Waals surface area contributed by atoms with Crippen LogP contribution in [-0.2, 0) is 9.53 Å². The minimum absolute atomic E-state index is 0. The molecule has 0 unspecified atom stereocenters. The average molecular weight is 428 g/mol. The highest BCUT2D eigenvalue weighted by molar-refractivity contribution is 14.0. The van der Waals surface area contributed by atoms with Gasteiger partial charge in [0.2, 0.25) is 5.91 Å². The van der Waals surface area contributed by atoms with Crippen molar-refractivity contribution in [3.05, 3.63) is 0 Å². The molecule has 7 heteroatoms. The van der Waals surface area contributed by atoms with Gasteiger partial charge in [-0.15, -0.1) is 24.0 Å². The molecule has 132 valence electrons. The predicted octanol–water partition coefficient (Wildman–Crippen LogP) is 1.75. The summed E-state index contributed by atoms with van der Waals surface area (Å²) in [5.74, 6) is 1.14. The highest BCUT2D eigenvalue weighted by atomic mass is 127. The molecule has 0 spiro atoms. The Morgan fingerprint density at radius 1 is 1.23 bits per heavy atom. The van der Waals surface area contributed by atoms with Crippen molar-refractivity contribution in [2.45, 2.75) is 46.6 Å². The zero-order valence-corrected chi connectivity index (χ0v) is 17.1. The van der Waals surface area contributed by atoms with Gasteiger partial charge in [-0.25, -0.2) is 0 Å². The number of hydrogen-bond acceptors (Lipinski definition) is 3. The van der Waals surface area contributed by atoms with Crippen molar-refractivity contribution >= 4 is 35.8 Å². The largest absolute Gasteiger partial charge is 0.381 e. The lowest BCUT2D eigenvalue weighted by molar-refractivity contribution is -0.121. The van der Waals surface area contributed by atoms with Crippen LogP contribution in [0.1, 0.15) is 41.0 Å². The third-order valence-electron chi connectivity index (χ3n) is 2.36. The number of nitrogens with one attached hydrogen (secondary N) is 3. The van der Waals surface area contributed by atoms with Gasteiger partial charge in [0.1, 0.15) is 0 Å². The fourth-order valence-electron chi connectivity index (χ4n) is 1.55. The number of carbonyl (C=O) groups is 1. The van der Waals surface area contributed by atoms with E-state index in [1.165, 1.54) is 0 Å². The Labute approximate surface area is 152 Å². The molecule has 0 bridgehead atoms. The first kappa shape index (κ1) is 23.7. The normalized spacial score (nSPS) is 11.9. The molecule has 22 heavy (non-hydrogen) atoms. The molecule has 6 nitrogen and oxygen atoms in total. The fourth-order valence-corrected chi connectivity index (χ4v) is 1.55. The van der Waals surface area contributed by atoms with Crippen LogP contribution in [0.25, 0.3) is 0 Å². The second kappa shape index (κ2) is 12.9. The van der Waals surface area contributed by atoms with Gasteiger partial charge in [-0.2, -0.15) is 0 Å². The topological polar surface area (TPSA) is 74.8 Å². The first-order valence-electron chi connectivity index (χ1n) is 7.58. The second-order valence-corrected chi connectivity index (χ2v) is 6.47. The lowest BCUT2D eigenvalue weighted by Gasteiger charge is -2.21. The molecule has 0 radical (unpaired) electrons. The van der Waals surface area contributed by atoms with E-state index in [9.17, 15) is 4.79 Å². The Hall–Kier alpha value is -0.570. The Morgan fingerprint density at radius 3 is 2.36 bits per heavy atom. The summed E-state index contributed by atoms with van der Waals surface area (Å²) in [7, 11) is 1.69. The zero-order valence-electron chi connectivity index (χ0n) is 14.8. The zero-order chi connectivity index (χ0) is 16.3. The number of guanidine groups is 1. The highest BCUT2D eigenvalue weighted by Crippen LogP contribution is 1.97. The summed E-state index contributed by atoms with van der Waals surface area (Å²) >= 11 is 0. The predicted molar refractivity (Wildman–Crippen MR) is 103 cm³/mol. The molecule has 0 aliphatic heterocycles. The van der Waals surface area contributed by atoms with E-state index >= 15 is 0 Å². The van der Waals surface area contributed by atoms with Crippen molar-refractivity contribution in [1.29, 1.82) is 0 Å². The van der Waals surface area contributed by atoms with Crippen molar-refractivity contribution in [3.8, 4) is 0 Å². The molecule has 0 saturated heterocycles. The first-order valence-corrected chi connectivity index (χ1v) is 7.58. The molecule has 0 fully saturated rings. The van der Waals surface area contributed by atoms with Gasteiger partial charge < -0.3 is 20.7 Å². The van der Waals surface area contributed by atoms with Crippen molar-refractivity contribution in [1.82, 2.24) is 16.0 Å². The van der Waals surface area contributed by atoms with Gasteiger partial charge in [0.25, 0.3) is 0 Å². The maximum Gasteiger partial charge on any atom is 0.239 e. The number of halogens is 1. The standard InChI is InChI=1S/C15H32N4O2.HI/c1-12(2)11-21-9-7-8-17-14(16-6)18-10-13(20)19-15(3,4)5;/h12H,7-11H2,1-6H3,(H,19,20)(H2,16,17,18);1H. The molecule has 1 amide bonds. The Bertz CT molecular complexity index is 328. The molecule has 0 heterocycles. The van der Waals surface area contributed by atoms with Crippen molar-refractivity contribution in [2.75, 3.05) is 33.4 Å². The first-order chi connectivity index (χ1) is 9.74. The minimum Gasteiger partial charge on any atom is -0.381 e. The van der Waals surface area contributed by atoms with Crippen molar-refractivity contribution in [2.24, 2.45) is 10.9 Å². The van der Waals surface area contributed by atoms with Crippen LogP contribution < -0.4 is 16.0 Å². The number of hydrogen-bond donors (Lipinski definition) is 3. The summed E-state index contributed by atoms with van der Waals surface area (Å²) in [4.78, 5) is 15.8. The number of carbonyl (C=O) groups excluding carboxylic acids is 1. The van der Waals surface area contributed by atoms with Crippen LogP contribution in [0.2, 0.25) is 0 Å². The fraction of sp³-hybridized carbons (Fsp3) is 0.867. The van der Waals surface area contributed by atoms with Gasteiger partial charge in [-0.1, -0.05) is 13.8 Å². The summed E-state index contributed by atoms with van der Waals surface area (Å²) in [6.07, 6.45) is 0.904. The number of rotatable bonds is 8. The monoisotopic (exact) mass is 428 g/mol. The quantitative estimate of drug-likeness (QED) is 0.238. The Kier molecular flexibility index (Phi) is 13.9. The van der Waals surface area contributed by atoms with Crippen LogP contribution >= 0.6 is 24.0 Å². The molecule has 0 aromatic heterocycles.